The summed E-state index contributed by atoms with van der Waals surface area (Å²) in [7, 11) is 0.860. The molecule has 44 valence electrons. The van der Waals surface area contributed by atoms with Gasteiger partial charge in [-0.3, -0.25) is 0 Å². The highest BCUT2D eigenvalue weighted by molar-refractivity contribution is 6.29. The zero-order valence-corrected chi connectivity index (χ0v) is 5.13. The number of rotatable bonds is 0. The minimum absolute atomic E-state index is 0.860. The first-order valence-electron chi connectivity index (χ1n) is 3.17. The highest BCUT2D eigenvalue weighted by atomic mass is 16.4. The first-order valence-corrected chi connectivity index (χ1v) is 3.17. The minimum Gasteiger partial charge on any atom is -0.564 e. The fourth-order valence-electron chi connectivity index (χ4n) is 1.12. The molecular weight excluding hydrogens is 111 g/mol. The van der Waals surface area contributed by atoms with Crippen molar-refractivity contribution in [2.45, 2.75) is 6.32 Å². The Bertz CT molecular complexity index is 199. The molecule has 0 saturated heterocycles. The van der Waals surface area contributed by atoms with Gasteiger partial charge in [0, 0.05) is 0 Å². The van der Waals surface area contributed by atoms with Gasteiger partial charge in [0.25, 0.3) is 0 Å². The van der Waals surface area contributed by atoms with E-state index >= 15 is 0 Å². The van der Waals surface area contributed by atoms with Crippen molar-refractivity contribution in [3.63, 3.8) is 0 Å². The highest BCUT2D eigenvalue weighted by Gasteiger charge is 2.10. The normalized spacial score (nSPS) is 13.8. The summed E-state index contributed by atoms with van der Waals surface area (Å²) in [6.07, 6.45) is 1.08. The predicted octanol–water partition coefficient (Wildman–Crippen LogP) is 0.930. The van der Waals surface area contributed by atoms with E-state index in [1.807, 2.05) is 18.2 Å². The highest BCUT2D eigenvalue weighted by Crippen LogP contribution is 2.22. The van der Waals surface area contributed by atoms with Gasteiger partial charge < -0.3 is 4.65 Å². The van der Waals surface area contributed by atoms with E-state index in [9.17, 15) is 0 Å². The lowest BCUT2D eigenvalue weighted by atomic mass is 9.94. The van der Waals surface area contributed by atoms with Crippen LogP contribution in [0.3, 0.4) is 0 Å². The Morgan fingerprint density at radius 2 is 2.22 bits per heavy atom. The standard InChI is InChI=1S/C7H7BO/c1-2-4-7-6(3-1)5-8-9-7/h1-4,8H,5H2. The molecule has 0 unspecified atom stereocenters. The Hall–Kier alpha value is -0.915. The van der Waals surface area contributed by atoms with Gasteiger partial charge >= 0.3 is 7.48 Å². The van der Waals surface area contributed by atoms with Gasteiger partial charge in [-0.15, -0.1) is 0 Å². The van der Waals surface area contributed by atoms with E-state index in [2.05, 4.69) is 6.07 Å². The summed E-state index contributed by atoms with van der Waals surface area (Å²) in [6, 6.07) is 8.18. The molecule has 0 N–H and O–H groups in total. The molecule has 1 aliphatic rings. The second-order valence-electron chi connectivity index (χ2n) is 2.21. The quantitative estimate of drug-likeness (QED) is 0.460. The third-order valence-corrected chi connectivity index (χ3v) is 1.60. The van der Waals surface area contributed by atoms with Crippen LogP contribution in [0.15, 0.2) is 24.3 Å². The van der Waals surface area contributed by atoms with Crippen molar-refractivity contribution in [2.75, 3.05) is 0 Å². The van der Waals surface area contributed by atoms with Crippen molar-refractivity contribution in [3.8, 4) is 5.75 Å². The fraction of sp³-hybridized carbons (Fsp3) is 0.143. The third-order valence-electron chi connectivity index (χ3n) is 1.60. The van der Waals surface area contributed by atoms with E-state index in [4.69, 9.17) is 4.65 Å². The van der Waals surface area contributed by atoms with Crippen LogP contribution in [-0.2, 0) is 6.32 Å². The van der Waals surface area contributed by atoms with Gasteiger partial charge in [0.15, 0.2) is 0 Å². The maximum absolute atomic E-state index is 5.30. The van der Waals surface area contributed by atoms with Crippen molar-refractivity contribution < 1.29 is 4.65 Å². The topological polar surface area (TPSA) is 9.23 Å². The molecule has 0 amide bonds. The monoisotopic (exact) mass is 118 g/mol. The molecule has 9 heavy (non-hydrogen) atoms. The van der Waals surface area contributed by atoms with Gasteiger partial charge in [0.2, 0.25) is 0 Å². The summed E-state index contributed by atoms with van der Waals surface area (Å²) in [6.45, 7) is 0. The molecule has 0 saturated carbocycles. The van der Waals surface area contributed by atoms with Crippen LogP contribution in [0.4, 0.5) is 0 Å². The van der Waals surface area contributed by atoms with E-state index in [0.29, 0.717) is 0 Å². The molecule has 1 nitrogen and oxygen atoms in total. The molecule has 0 radical (unpaired) electrons. The Morgan fingerprint density at radius 3 is 3.11 bits per heavy atom. The van der Waals surface area contributed by atoms with Gasteiger partial charge in [0.05, 0.1) is 0 Å². The lowest BCUT2D eigenvalue weighted by Crippen LogP contribution is -1.92. The Labute approximate surface area is 54.9 Å². The van der Waals surface area contributed by atoms with E-state index in [1.165, 1.54) is 5.56 Å². The fourth-order valence-corrected chi connectivity index (χ4v) is 1.12. The number of hydrogen-bond donors (Lipinski definition) is 0. The van der Waals surface area contributed by atoms with Gasteiger partial charge in [-0.05, 0) is 17.9 Å². The van der Waals surface area contributed by atoms with Crippen LogP contribution in [0.5, 0.6) is 5.75 Å². The first-order chi connectivity index (χ1) is 4.47. The molecule has 2 heteroatoms. The maximum atomic E-state index is 5.30. The summed E-state index contributed by atoms with van der Waals surface area (Å²) in [5.74, 6) is 1.07. The van der Waals surface area contributed by atoms with Gasteiger partial charge in [-0.25, -0.2) is 0 Å². The molecule has 2 rings (SSSR count). The lowest BCUT2D eigenvalue weighted by Gasteiger charge is -1.95. The summed E-state index contributed by atoms with van der Waals surface area (Å²) in [5, 5.41) is 0. The van der Waals surface area contributed by atoms with E-state index in [1.54, 1.807) is 0 Å². The van der Waals surface area contributed by atoms with Crippen molar-refractivity contribution >= 4 is 7.48 Å². The second-order valence-corrected chi connectivity index (χ2v) is 2.21. The smallest absolute Gasteiger partial charge is 0.344 e. The molecule has 1 aromatic rings. The van der Waals surface area contributed by atoms with Gasteiger partial charge in [-0.2, -0.15) is 0 Å². The molecule has 1 aliphatic heterocycles. The van der Waals surface area contributed by atoms with E-state index < -0.39 is 0 Å². The molecule has 0 fully saturated rings. The number of fused-ring (bicyclic) bond motifs is 1. The van der Waals surface area contributed by atoms with Crippen molar-refractivity contribution in [2.24, 2.45) is 0 Å². The minimum atomic E-state index is 0.860. The zero-order valence-electron chi connectivity index (χ0n) is 5.13. The molecule has 0 bridgehead atoms. The van der Waals surface area contributed by atoms with Crippen LogP contribution in [0.25, 0.3) is 0 Å². The Kier molecular flexibility index (Phi) is 0.981. The zero-order chi connectivity index (χ0) is 6.10. The van der Waals surface area contributed by atoms with Crippen molar-refractivity contribution in [1.29, 1.82) is 0 Å². The largest absolute Gasteiger partial charge is 0.564 e. The third kappa shape index (κ3) is 0.708. The van der Waals surface area contributed by atoms with Crippen LogP contribution in [0.2, 0.25) is 0 Å². The molecule has 0 aliphatic carbocycles. The van der Waals surface area contributed by atoms with E-state index in [0.717, 1.165) is 19.6 Å². The average molecular weight is 118 g/mol. The molecular formula is C7H7BO. The molecule has 0 spiro atoms. The molecule has 0 aromatic heterocycles. The number of hydrogen-bond acceptors (Lipinski definition) is 1. The van der Waals surface area contributed by atoms with E-state index in [-0.39, 0.29) is 0 Å². The Morgan fingerprint density at radius 1 is 1.33 bits per heavy atom. The van der Waals surface area contributed by atoms with Gasteiger partial charge in [0.1, 0.15) is 5.75 Å². The maximum Gasteiger partial charge on any atom is 0.344 e. The van der Waals surface area contributed by atoms with Crippen molar-refractivity contribution in [3.05, 3.63) is 29.8 Å². The summed E-state index contributed by atoms with van der Waals surface area (Å²) >= 11 is 0. The van der Waals surface area contributed by atoms with Crippen LogP contribution < -0.4 is 4.65 Å². The molecule has 1 heterocycles. The molecule has 1 aromatic carbocycles. The van der Waals surface area contributed by atoms with Crippen LogP contribution in [0.1, 0.15) is 5.56 Å². The second kappa shape index (κ2) is 1.80. The first kappa shape index (κ1) is 4.92. The summed E-state index contributed by atoms with van der Waals surface area (Å²) < 4.78 is 5.30. The summed E-state index contributed by atoms with van der Waals surface area (Å²) in [5.41, 5.74) is 1.34. The summed E-state index contributed by atoms with van der Waals surface area (Å²) in [4.78, 5) is 0. The van der Waals surface area contributed by atoms with Crippen LogP contribution in [-0.4, -0.2) is 7.48 Å². The number of para-hydroxylation sites is 1. The van der Waals surface area contributed by atoms with Crippen LogP contribution in [0, 0.1) is 0 Å². The SMILES string of the molecule is B1Cc2ccccc2O1. The predicted molar refractivity (Wildman–Crippen MR) is 37.9 cm³/mol. The Balaban J connectivity index is 2.54. The van der Waals surface area contributed by atoms with Crippen LogP contribution >= 0.6 is 0 Å². The average Bonchev–Trinajstić information content (AvgIpc) is 2.33. The number of benzene rings is 1. The van der Waals surface area contributed by atoms with Crippen molar-refractivity contribution in [1.82, 2.24) is 0 Å². The lowest BCUT2D eigenvalue weighted by molar-refractivity contribution is 0.614. The molecule has 0 atom stereocenters. The van der Waals surface area contributed by atoms with Gasteiger partial charge in [-0.1, -0.05) is 18.2 Å².